The normalized spacial score (nSPS) is 21.2. The van der Waals surface area contributed by atoms with E-state index in [0.717, 1.165) is 59.7 Å². The number of fused-ring (bicyclic) bond motifs is 2. The first-order valence-corrected chi connectivity index (χ1v) is 10.5. The number of carbonyl (C=O) groups is 1. The third-order valence-electron chi connectivity index (χ3n) is 6.18. The molecule has 8 heteroatoms. The van der Waals surface area contributed by atoms with E-state index in [-0.39, 0.29) is 12.0 Å². The third kappa shape index (κ3) is 3.37. The Hall–Kier alpha value is -3.13. The molecular weight excluding hydrogens is 380 g/mol. The quantitative estimate of drug-likeness (QED) is 0.617. The topological polar surface area (TPSA) is 94.8 Å². The van der Waals surface area contributed by atoms with Gasteiger partial charge in [-0.3, -0.25) is 4.79 Å². The van der Waals surface area contributed by atoms with Crippen LogP contribution in [0.2, 0.25) is 0 Å². The van der Waals surface area contributed by atoms with E-state index in [1.54, 1.807) is 4.90 Å². The standard InChI is InChI=1S/C22H26N6O2/c1-13-10-15(11-18-17(13)12-21(30)27(18)2)24-22-25-20-5-3-4-19(28(20)26-22)23-14-6-8-16(29)9-7-14/h3-5,10-11,14,16,23,29H,6-9,12H2,1-2H3,(H,24,26)/t14-,16+. The molecule has 1 fully saturated rings. The van der Waals surface area contributed by atoms with Crippen molar-refractivity contribution in [1.29, 1.82) is 0 Å². The first kappa shape index (κ1) is 18.9. The van der Waals surface area contributed by atoms with E-state index >= 15 is 0 Å². The maximum absolute atomic E-state index is 12.0. The van der Waals surface area contributed by atoms with Crippen molar-refractivity contribution in [2.24, 2.45) is 0 Å². The summed E-state index contributed by atoms with van der Waals surface area (Å²) in [6, 6.07) is 10.2. The molecule has 8 nitrogen and oxygen atoms in total. The molecule has 3 heterocycles. The molecule has 5 rings (SSSR count). The average molecular weight is 406 g/mol. The Balaban J connectivity index is 1.40. The number of benzene rings is 1. The molecule has 1 saturated carbocycles. The number of nitrogens with one attached hydrogen (secondary N) is 2. The molecule has 1 aliphatic carbocycles. The Morgan fingerprint density at radius 1 is 1.17 bits per heavy atom. The van der Waals surface area contributed by atoms with Crippen LogP contribution in [-0.4, -0.2) is 44.8 Å². The molecule has 0 radical (unpaired) electrons. The fourth-order valence-electron chi connectivity index (χ4n) is 4.43. The second-order valence-corrected chi connectivity index (χ2v) is 8.31. The minimum Gasteiger partial charge on any atom is -0.393 e. The number of aromatic nitrogens is 3. The first-order valence-electron chi connectivity index (χ1n) is 10.5. The predicted molar refractivity (Wildman–Crippen MR) is 116 cm³/mol. The smallest absolute Gasteiger partial charge is 0.247 e. The van der Waals surface area contributed by atoms with Crippen LogP contribution >= 0.6 is 0 Å². The van der Waals surface area contributed by atoms with Crippen LogP contribution in [-0.2, 0) is 11.2 Å². The molecule has 30 heavy (non-hydrogen) atoms. The van der Waals surface area contributed by atoms with Gasteiger partial charge in [0, 0.05) is 24.5 Å². The molecule has 0 spiro atoms. The molecule has 156 valence electrons. The number of aryl methyl sites for hydroxylation is 1. The highest BCUT2D eigenvalue weighted by Crippen LogP contribution is 2.34. The molecule has 2 aliphatic rings. The van der Waals surface area contributed by atoms with Crippen molar-refractivity contribution in [1.82, 2.24) is 14.6 Å². The zero-order valence-electron chi connectivity index (χ0n) is 17.2. The number of likely N-dealkylation sites (N-methyl/N-ethyl adjacent to an activating group) is 1. The van der Waals surface area contributed by atoms with Crippen LogP contribution < -0.4 is 15.5 Å². The predicted octanol–water partition coefficient (Wildman–Crippen LogP) is 3.02. The number of aliphatic hydroxyl groups excluding tert-OH is 1. The highest BCUT2D eigenvalue weighted by molar-refractivity contribution is 6.02. The highest BCUT2D eigenvalue weighted by Gasteiger charge is 2.26. The lowest BCUT2D eigenvalue weighted by atomic mass is 9.93. The fourth-order valence-corrected chi connectivity index (χ4v) is 4.43. The second kappa shape index (κ2) is 7.28. The summed E-state index contributed by atoms with van der Waals surface area (Å²) >= 11 is 0. The van der Waals surface area contributed by atoms with E-state index in [2.05, 4.69) is 20.7 Å². The molecule has 3 aromatic rings. The van der Waals surface area contributed by atoms with Crippen molar-refractivity contribution in [3.05, 3.63) is 41.5 Å². The molecule has 2 aromatic heterocycles. The van der Waals surface area contributed by atoms with Gasteiger partial charge in [-0.2, -0.15) is 9.50 Å². The number of anilines is 4. The Morgan fingerprint density at radius 3 is 2.77 bits per heavy atom. The number of pyridine rings is 1. The lowest BCUT2D eigenvalue weighted by Gasteiger charge is -2.26. The molecule has 1 aliphatic heterocycles. The van der Waals surface area contributed by atoms with Gasteiger partial charge < -0.3 is 20.6 Å². The number of amides is 1. The van der Waals surface area contributed by atoms with Crippen LogP contribution in [0.1, 0.15) is 36.8 Å². The van der Waals surface area contributed by atoms with Crippen molar-refractivity contribution >= 4 is 34.7 Å². The van der Waals surface area contributed by atoms with Crippen LogP contribution in [0.4, 0.5) is 23.1 Å². The van der Waals surface area contributed by atoms with E-state index in [4.69, 9.17) is 0 Å². The third-order valence-corrected chi connectivity index (χ3v) is 6.18. The number of hydrogen-bond acceptors (Lipinski definition) is 6. The van der Waals surface area contributed by atoms with Gasteiger partial charge in [-0.25, -0.2) is 0 Å². The molecule has 1 aromatic carbocycles. The number of rotatable bonds is 4. The van der Waals surface area contributed by atoms with Crippen molar-refractivity contribution in [2.45, 2.75) is 51.2 Å². The SMILES string of the molecule is Cc1cc(Nc2nc3cccc(N[C@H]4CC[C@@H](O)CC4)n3n2)cc2c1CC(=O)N2C. The number of nitrogens with zero attached hydrogens (tertiary/aromatic N) is 4. The van der Waals surface area contributed by atoms with Crippen molar-refractivity contribution in [3.63, 3.8) is 0 Å². The molecule has 1 amide bonds. The van der Waals surface area contributed by atoms with Crippen LogP contribution in [0.15, 0.2) is 30.3 Å². The average Bonchev–Trinajstić information content (AvgIpc) is 3.26. The molecule has 0 saturated heterocycles. The summed E-state index contributed by atoms with van der Waals surface area (Å²) in [5.74, 6) is 1.52. The van der Waals surface area contributed by atoms with Crippen molar-refractivity contribution < 1.29 is 9.90 Å². The minimum absolute atomic E-state index is 0.113. The van der Waals surface area contributed by atoms with Gasteiger partial charge in [0.2, 0.25) is 11.9 Å². The van der Waals surface area contributed by atoms with Crippen molar-refractivity contribution in [2.75, 3.05) is 22.6 Å². The van der Waals surface area contributed by atoms with Gasteiger partial charge in [0.05, 0.1) is 12.5 Å². The van der Waals surface area contributed by atoms with Gasteiger partial charge in [0.25, 0.3) is 0 Å². The van der Waals surface area contributed by atoms with E-state index in [9.17, 15) is 9.90 Å². The highest BCUT2D eigenvalue weighted by atomic mass is 16.3. The summed E-state index contributed by atoms with van der Waals surface area (Å²) in [5.41, 5.74) is 4.72. The van der Waals surface area contributed by atoms with Gasteiger partial charge in [-0.05, 0) is 68.0 Å². The van der Waals surface area contributed by atoms with E-state index < -0.39 is 0 Å². The van der Waals surface area contributed by atoms with Crippen LogP contribution in [0, 0.1) is 6.92 Å². The Kier molecular flexibility index (Phi) is 4.58. The molecule has 3 N–H and O–H groups in total. The van der Waals surface area contributed by atoms with Gasteiger partial charge >= 0.3 is 0 Å². The van der Waals surface area contributed by atoms with E-state index in [1.807, 2.05) is 48.8 Å². The summed E-state index contributed by atoms with van der Waals surface area (Å²) in [6.07, 6.45) is 3.82. The molecule has 0 atom stereocenters. The van der Waals surface area contributed by atoms with Crippen LogP contribution in [0.25, 0.3) is 5.65 Å². The maximum Gasteiger partial charge on any atom is 0.247 e. The summed E-state index contributed by atoms with van der Waals surface area (Å²) in [6.45, 7) is 2.02. The molecule has 0 bridgehead atoms. The number of hydrogen-bond donors (Lipinski definition) is 3. The molecule has 0 unspecified atom stereocenters. The second-order valence-electron chi connectivity index (χ2n) is 8.31. The summed E-state index contributed by atoms with van der Waals surface area (Å²) in [7, 11) is 1.81. The Labute approximate surface area is 174 Å². The monoisotopic (exact) mass is 406 g/mol. The summed E-state index contributed by atoms with van der Waals surface area (Å²) in [5, 5.41) is 21.2. The number of aliphatic hydroxyl groups is 1. The van der Waals surface area contributed by atoms with Gasteiger partial charge in [-0.1, -0.05) is 6.07 Å². The van der Waals surface area contributed by atoms with Gasteiger partial charge in [-0.15, -0.1) is 5.10 Å². The first-order chi connectivity index (χ1) is 14.5. The van der Waals surface area contributed by atoms with Crippen LogP contribution in [0.5, 0.6) is 0 Å². The fraction of sp³-hybridized carbons (Fsp3) is 0.409. The largest absolute Gasteiger partial charge is 0.393 e. The van der Waals surface area contributed by atoms with E-state index in [1.165, 1.54) is 0 Å². The van der Waals surface area contributed by atoms with Gasteiger partial charge in [0.1, 0.15) is 5.82 Å². The molecular formula is C22H26N6O2. The lowest BCUT2D eigenvalue weighted by molar-refractivity contribution is -0.117. The maximum atomic E-state index is 12.0. The minimum atomic E-state index is -0.175. The zero-order valence-corrected chi connectivity index (χ0v) is 17.2. The summed E-state index contributed by atoms with van der Waals surface area (Å²) in [4.78, 5) is 18.4. The Bertz CT molecular complexity index is 1120. The Morgan fingerprint density at radius 2 is 1.97 bits per heavy atom. The zero-order chi connectivity index (χ0) is 20.8. The summed E-state index contributed by atoms with van der Waals surface area (Å²) < 4.78 is 1.81. The number of carbonyl (C=O) groups excluding carboxylic acids is 1. The van der Waals surface area contributed by atoms with Crippen LogP contribution in [0.3, 0.4) is 0 Å². The van der Waals surface area contributed by atoms with Gasteiger partial charge in [0.15, 0.2) is 5.65 Å². The van der Waals surface area contributed by atoms with Crippen molar-refractivity contribution in [3.8, 4) is 0 Å². The lowest BCUT2D eigenvalue weighted by Crippen LogP contribution is -2.29. The van der Waals surface area contributed by atoms with E-state index in [0.29, 0.717) is 18.4 Å².